The van der Waals surface area contributed by atoms with E-state index >= 15 is 0 Å². The van der Waals surface area contributed by atoms with Crippen LogP contribution in [-0.2, 0) is 27.7 Å². The fourth-order valence-corrected chi connectivity index (χ4v) is 5.23. The Morgan fingerprint density at radius 2 is 1.81 bits per heavy atom. The fourth-order valence-electron chi connectivity index (χ4n) is 4.01. The maximum Gasteiger partial charge on any atom is 0.271 e. The molecule has 31 heavy (non-hydrogen) atoms. The molecule has 2 aromatic carbocycles. The number of aryl methyl sites for hydroxylation is 3. The minimum Gasteiger partial charge on any atom is -0.348 e. The molecule has 0 saturated carbocycles. The molecule has 2 aromatic rings. The standard InChI is InChI=1S/C22H27N3O5S/c1-14-8-11-20(25(27)28)13-21(14)24(31(4,29)30)16(3)22(26)23-15(2)18-10-9-17-6-5-7-19(17)12-18/h8-13,15-16H,5-7H2,1-4H3,(H,23,26)/t15-,16-/m0/s1. The molecule has 1 N–H and O–H groups in total. The largest absolute Gasteiger partial charge is 0.348 e. The lowest BCUT2D eigenvalue weighted by atomic mass is 10.0. The van der Waals surface area contributed by atoms with E-state index in [0.717, 1.165) is 35.4 Å². The van der Waals surface area contributed by atoms with E-state index in [4.69, 9.17) is 0 Å². The van der Waals surface area contributed by atoms with Crippen LogP contribution in [0.25, 0.3) is 0 Å². The van der Waals surface area contributed by atoms with Crippen molar-refractivity contribution in [1.29, 1.82) is 0 Å². The monoisotopic (exact) mass is 445 g/mol. The van der Waals surface area contributed by atoms with Gasteiger partial charge in [0.25, 0.3) is 5.69 Å². The van der Waals surface area contributed by atoms with Gasteiger partial charge in [0.2, 0.25) is 15.9 Å². The van der Waals surface area contributed by atoms with Gasteiger partial charge in [-0.3, -0.25) is 19.2 Å². The second kappa shape index (κ2) is 8.66. The molecule has 1 aliphatic rings. The van der Waals surface area contributed by atoms with Gasteiger partial charge in [-0.2, -0.15) is 0 Å². The third-order valence-electron chi connectivity index (χ3n) is 5.71. The Morgan fingerprint density at radius 1 is 1.13 bits per heavy atom. The van der Waals surface area contributed by atoms with E-state index in [1.165, 1.54) is 36.2 Å². The number of anilines is 1. The first-order valence-corrected chi connectivity index (χ1v) is 12.0. The number of nitrogens with one attached hydrogen (secondary N) is 1. The normalized spacial score (nSPS) is 15.1. The van der Waals surface area contributed by atoms with E-state index in [1.807, 2.05) is 13.0 Å². The number of carbonyl (C=O) groups is 1. The van der Waals surface area contributed by atoms with Crippen molar-refractivity contribution in [1.82, 2.24) is 5.32 Å². The van der Waals surface area contributed by atoms with Crippen LogP contribution < -0.4 is 9.62 Å². The Kier molecular flexibility index (Phi) is 6.35. The van der Waals surface area contributed by atoms with Crippen molar-refractivity contribution in [2.24, 2.45) is 0 Å². The van der Waals surface area contributed by atoms with Crippen LogP contribution in [0.5, 0.6) is 0 Å². The lowest BCUT2D eigenvalue weighted by molar-refractivity contribution is -0.384. The first-order valence-electron chi connectivity index (χ1n) is 10.2. The molecule has 166 valence electrons. The third kappa shape index (κ3) is 4.87. The number of rotatable bonds is 7. The van der Waals surface area contributed by atoms with Crippen LogP contribution in [0.1, 0.15) is 48.6 Å². The zero-order valence-electron chi connectivity index (χ0n) is 18.1. The van der Waals surface area contributed by atoms with E-state index in [-0.39, 0.29) is 17.4 Å². The zero-order chi connectivity index (χ0) is 22.9. The number of hydrogen-bond donors (Lipinski definition) is 1. The number of non-ortho nitro benzene ring substituents is 1. The Bertz CT molecular complexity index is 1130. The van der Waals surface area contributed by atoms with Gasteiger partial charge < -0.3 is 5.32 Å². The topological polar surface area (TPSA) is 110 Å². The van der Waals surface area contributed by atoms with Gasteiger partial charge in [0, 0.05) is 12.1 Å². The molecule has 0 radical (unpaired) electrons. The van der Waals surface area contributed by atoms with Crippen LogP contribution in [0.15, 0.2) is 36.4 Å². The molecule has 0 bridgehead atoms. The quantitative estimate of drug-likeness (QED) is 0.519. The average molecular weight is 446 g/mol. The molecule has 0 saturated heterocycles. The molecule has 0 aromatic heterocycles. The van der Waals surface area contributed by atoms with E-state index in [1.54, 1.807) is 6.92 Å². The summed E-state index contributed by atoms with van der Waals surface area (Å²) in [6.07, 6.45) is 4.20. The van der Waals surface area contributed by atoms with Gasteiger partial charge in [0.15, 0.2) is 0 Å². The number of nitro groups is 1. The highest BCUT2D eigenvalue weighted by molar-refractivity contribution is 7.92. The zero-order valence-corrected chi connectivity index (χ0v) is 18.9. The smallest absolute Gasteiger partial charge is 0.271 e. The van der Waals surface area contributed by atoms with E-state index in [0.29, 0.717) is 5.56 Å². The number of fused-ring (bicyclic) bond motifs is 1. The third-order valence-corrected chi connectivity index (χ3v) is 6.94. The Labute approximate surface area is 182 Å². The highest BCUT2D eigenvalue weighted by atomic mass is 32.2. The number of sulfonamides is 1. The molecule has 0 fully saturated rings. The van der Waals surface area contributed by atoms with Gasteiger partial charge in [0.1, 0.15) is 6.04 Å². The summed E-state index contributed by atoms with van der Waals surface area (Å²) in [5.41, 5.74) is 3.97. The van der Waals surface area contributed by atoms with Crippen LogP contribution >= 0.6 is 0 Å². The molecule has 1 aliphatic carbocycles. The van der Waals surface area contributed by atoms with Gasteiger partial charge in [0.05, 0.1) is 22.9 Å². The predicted octanol–water partition coefficient (Wildman–Crippen LogP) is 3.42. The van der Waals surface area contributed by atoms with E-state index in [2.05, 4.69) is 17.4 Å². The summed E-state index contributed by atoms with van der Waals surface area (Å²) in [6.45, 7) is 4.98. The molecule has 0 spiro atoms. The maximum absolute atomic E-state index is 13.0. The summed E-state index contributed by atoms with van der Waals surface area (Å²) in [5, 5.41) is 14.1. The highest BCUT2D eigenvalue weighted by Gasteiger charge is 2.32. The number of nitro benzene ring substituents is 1. The van der Waals surface area contributed by atoms with Crippen LogP contribution in [-0.4, -0.2) is 31.5 Å². The van der Waals surface area contributed by atoms with Crippen molar-refractivity contribution >= 4 is 27.3 Å². The highest BCUT2D eigenvalue weighted by Crippen LogP contribution is 2.30. The molecule has 0 aliphatic heterocycles. The maximum atomic E-state index is 13.0. The van der Waals surface area contributed by atoms with Gasteiger partial charge in [-0.25, -0.2) is 8.42 Å². The van der Waals surface area contributed by atoms with Gasteiger partial charge in [-0.05, 0) is 62.3 Å². The minimum absolute atomic E-state index is 0.115. The van der Waals surface area contributed by atoms with Crippen molar-refractivity contribution in [2.45, 2.75) is 52.1 Å². The number of nitrogens with zero attached hydrogens (tertiary/aromatic N) is 2. The van der Waals surface area contributed by atoms with Crippen molar-refractivity contribution in [3.05, 3.63) is 68.8 Å². The van der Waals surface area contributed by atoms with E-state index < -0.39 is 26.9 Å². The number of benzene rings is 2. The summed E-state index contributed by atoms with van der Waals surface area (Å²) in [4.78, 5) is 23.6. The average Bonchev–Trinajstić information content (AvgIpc) is 3.16. The number of carbonyl (C=O) groups excluding carboxylic acids is 1. The Balaban J connectivity index is 1.87. The number of amides is 1. The Morgan fingerprint density at radius 3 is 2.45 bits per heavy atom. The lowest BCUT2D eigenvalue weighted by Crippen LogP contribution is -2.48. The molecular formula is C22H27N3O5S. The van der Waals surface area contributed by atoms with Crippen LogP contribution in [0.3, 0.4) is 0 Å². The van der Waals surface area contributed by atoms with Crippen molar-refractivity contribution in [2.75, 3.05) is 10.6 Å². The van der Waals surface area contributed by atoms with Crippen molar-refractivity contribution in [3.63, 3.8) is 0 Å². The Hall–Kier alpha value is -2.94. The fraction of sp³-hybridized carbons (Fsp3) is 0.409. The molecule has 0 heterocycles. The second-order valence-corrected chi connectivity index (χ2v) is 9.93. The summed E-state index contributed by atoms with van der Waals surface area (Å²) in [6, 6.07) is 8.73. The van der Waals surface area contributed by atoms with Crippen LogP contribution in [0, 0.1) is 17.0 Å². The van der Waals surface area contributed by atoms with Gasteiger partial charge >= 0.3 is 0 Å². The first-order chi connectivity index (χ1) is 14.5. The van der Waals surface area contributed by atoms with Crippen molar-refractivity contribution < 1.29 is 18.1 Å². The minimum atomic E-state index is -3.89. The van der Waals surface area contributed by atoms with Crippen LogP contribution in [0.4, 0.5) is 11.4 Å². The summed E-state index contributed by atoms with van der Waals surface area (Å²) in [7, 11) is -3.89. The van der Waals surface area contributed by atoms with Gasteiger partial charge in [-0.15, -0.1) is 0 Å². The molecule has 0 unspecified atom stereocenters. The molecule has 9 heteroatoms. The van der Waals surface area contributed by atoms with Crippen molar-refractivity contribution in [3.8, 4) is 0 Å². The number of hydrogen-bond acceptors (Lipinski definition) is 5. The predicted molar refractivity (Wildman–Crippen MR) is 120 cm³/mol. The molecule has 1 amide bonds. The second-order valence-electron chi connectivity index (χ2n) is 8.07. The molecule has 3 rings (SSSR count). The molecule has 2 atom stereocenters. The van der Waals surface area contributed by atoms with Crippen LogP contribution in [0.2, 0.25) is 0 Å². The summed E-state index contributed by atoms with van der Waals surface area (Å²) < 4.78 is 26.1. The summed E-state index contributed by atoms with van der Waals surface area (Å²) in [5.74, 6) is -0.482. The first kappa shape index (κ1) is 22.7. The lowest BCUT2D eigenvalue weighted by Gasteiger charge is -2.30. The molecule has 8 nitrogen and oxygen atoms in total. The SMILES string of the molecule is Cc1ccc([N+](=O)[O-])cc1N([C@@H](C)C(=O)N[C@@H](C)c1ccc2c(c1)CCC2)S(C)(=O)=O. The van der Waals surface area contributed by atoms with E-state index in [9.17, 15) is 23.3 Å². The molecular weight excluding hydrogens is 418 g/mol. The van der Waals surface area contributed by atoms with Gasteiger partial charge in [-0.1, -0.05) is 24.3 Å². The summed E-state index contributed by atoms with van der Waals surface area (Å²) >= 11 is 0.